The van der Waals surface area contributed by atoms with E-state index in [1.165, 1.54) is 11.8 Å². The molecule has 2 heterocycles. The van der Waals surface area contributed by atoms with E-state index in [4.69, 9.17) is 4.74 Å². The largest absolute Gasteiger partial charge is 0.375 e. The summed E-state index contributed by atoms with van der Waals surface area (Å²) in [5.74, 6) is -0.132. The minimum Gasteiger partial charge on any atom is -0.375 e. The molecule has 2 aromatic rings. The van der Waals surface area contributed by atoms with E-state index >= 15 is 0 Å². The number of nitrogens with one attached hydrogen (secondary N) is 2. The Labute approximate surface area is 168 Å². The number of hydrogen-bond donors (Lipinski definition) is 2. The maximum absolute atomic E-state index is 13.6. The molecule has 8 heteroatoms. The summed E-state index contributed by atoms with van der Waals surface area (Å²) in [6.07, 6.45) is -2.12. The molecule has 1 amide bonds. The van der Waals surface area contributed by atoms with E-state index in [0.717, 1.165) is 22.2 Å². The third-order valence-electron chi connectivity index (χ3n) is 5.68. The van der Waals surface area contributed by atoms with Crippen LogP contribution < -0.4 is 5.32 Å². The molecule has 0 radical (unpaired) electrons. The summed E-state index contributed by atoms with van der Waals surface area (Å²) in [7, 11) is 0. The maximum Gasteiger partial charge on any atom is 0.282 e. The van der Waals surface area contributed by atoms with Crippen molar-refractivity contribution >= 4 is 22.5 Å². The van der Waals surface area contributed by atoms with Crippen LogP contribution in [0, 0.1) is 5.92 Å². The Kier molecular flexibility index (Phi) is 6.53. The van der Waals surface area contributed by atoms with E-state index < -0.39 is 18.3 Å². The van der Waals surface area contributed by atoms with E-state index in [1.807, 2.05) is 32.0 Å². The zero-order valence-corrected chi connectivity index (χ0v) is 17.0. The van der Waals surface area contributed by atoms with Crippen molar-refractivity contribution in [2.45, 2.75) is 51.9 Å². The van der Waals surface area contributed by atoms with Gasteiger partial charge in [-0.15, -0.1) is 0 Å². The van der Waals surface area contributed by atoms with Gasteiger partial charge in [-0.1, -0.05) is 6.07 Å². The van der Waals surface area contributed by atoms with Crippen molar-refractivity contribution < 1.29 is 22.7 Å². The van der Waals surface area contributed by atoms with Gasteiger partial charge < -0.3 is 15.0 Å². The topological polar surface area (TPSA) is 57.4 Å². The van der Waals surface area contributed by atoms with Gasteiger partial charge in [-0.05, 0) is 44.4 Å². The lowest BCUT2D eigenvalue weighted by atomic mass is 9.90. The van der Waals surface area contributed by atoms with E-state index in [0.29, 0.717) is 26.0 Å². The Morgan fingerprint density at radius 3 is 2.83 bits per heavy atom. The number of halogens is 3. The standard InChI is InChI=1S/C21H28F3N3O2/c1-13(28)26-18-11-25-17-5-4-14(10-16(17)18)7-9-29-21(2,3)15-6-8-27(12-15)20(24)19(22)23/h4-5,10-11,15,19-20,25H,6-9,12H2,1-3H3,(H,26,28). The second-order valence-electron chi connectivity index (χ2n) is 8.15. The monoisotopic (exact) mass is 411 g/mol. The van der Waals surface area contributed by atoms with Crippen molar-refractivity contribution in [3.63, 3.8) is 0 Å². The highest BCUT2D eigenvalue weighted by Gasteiger charge is 2.40. The first-order valence-corrected chi connectivity index (χ1v) is 9.85. The third-order valence-corrected chi connectivity index (χ3v) is 5.68. The summed E-state index contributed by atoms with van der Waals surface area (Å²) in [4.78, 5) is 15.7. The second-order valence-corrected chi connectivity index (χ2v) is 8.15. The highest BCUT2D eigenvalue weighted by Crippen LogP contribution is 2.33. The molecule has 1 aromatic heterocycles. The molecule has 1 aliphatic rings. The Balaban J connectivity index is 1.57. The molecule has 1 fully saturated rings. The van der Waals surface area contributed by atoms with Gasteiger partial charge in [-0.3, -0.25) is 9.69 Å². The lowest BCUT2D eigenvalue weighted by Gasteiger charge is -2.32. The number of ether oxygens (including phenoxy) is 1. The van der Waals surface area contributed by atoms with Crippen LogP contribution >= 0.6 is 0 Å². The van der Waals surface area contributed by atoms with E-state index in [9.17, 15) is 18.0 Å². The van der Waals surface area contributed by atoms with Crippen molar-refractivity contribution in [3.8, 4) is 0 Å². The lowest BCUT2D eigenvalue weighted by Crippen LogP contribution is -2.40. The molecule has 29 heavy (non-hydrogen) atoms. The number of benzene rings is 1. The maximum atomic E-state index is 13.6. The molecular formula is C21H28F3N3O2. The number of aromatic amines is 1. The summed E-state index contributed by atoms with van der Waals surface area (Å²) in [6.45, 7) is 6.38. The van der Waals surface area contributed by atoms with Crippen LogP contribution in [0.3, 0.4) is 0 Å². The van der Waals surface area contributed by atoms with E-state index in [2.05, 4.69) is 10.3 Å². The summed E-state index contributed by atoms with van der Waals surface area (Å²) in [6, 6.07) is 5.98. The number of rotatable bonds is 8. The summed E-state index contributed by atoms with van der Waals surface area (Å²) < 4.78 is 44.9. The Morgan fingerprint density at radius 2 is 2.14 bits per heavy atom. The highest BCUT2D eigenvalue weighted by molar-refractivity contribution is 6.01. The van der Waals surface area contributed by atoms with Gasteiger partial charge in [0, 0.05) is 43.0 Å². The van der Waals surface area contributed by atoms with Crippen LogP contribution in [0.2, 0.25) is 0 Å². The molecule has 3 rings (SSSR count). The fourth-order valence-corrected chi connectivity index (χ4v) is 3.90. The number of hydrogen-bond acceptors (Lipinski definition) is 3. The van der Waals surface area contributed by atoms with Crippen molar-refractivity contribution in [1.82, 2.24) is 9.88 Å². The number of fused-ring (bicyclic) bond motifs is 1. The Bertz CT molecular complexity index is 853. The third kappa shape index (κ3) is 5.11. The Morgan fingerprint density at radius 1 is 1.38 bits per heavy atom. The van der Waals surface area contributed by atoms with Crippen molar-refractivity contribution in [2.24, 2.45) is 5.92 Å². The van der Waals surface area contributed by atoms with Crippen LogP contribution in [0.25, 0.3) is 10.9 Å². The summed E-state index contributed by atoms with van der Waals surface area (Å²) in [5, 5.41) is 3.74. The first-order chi connectivity index (χ1) is 13.7. The first kappa shape index (κ1) is 21.6. The van der Waals surface area contributed by atoms with Gasteiger partial charge in [0.05, 0.1) is 17.9 Å². The number of carbonyl (C=O) groups is 1. The van der Waals surface area contributed by atoms with Crippen LogP contribution in [0.5, 0.6) is 0 Å². The van der Waals surface area contributed by atoms with Gasteiger partial charge in [-0.2, -0.15) is 0 Å². The molecule has 1 aliphatic heterocycles. The van der Waals surface area contributed by atoms with E-state index in [1.54, 1.807) is 6.20 Å². The van der Waals surface area contributed by atoms with Crippen molar-refractivity contribution in [1.29, 1.82) is 0 Å². The van der Waals surface area contributed by atoms with Gasteiger partial charge in [0.1, 0.15) is 0 Å². The lowest BCUT2D eigenvalue weighted by molar-refractivity contribution is -0.114. The van der Waals surface area contributed by atoms with Gasteiger partial charge in [0.15, 0.2) is 0 Å². The molecule has 0 saturated carbocycles. The molecule has 2 atom stereocenters. The number of anilines is 1. The van der Waals surface area contributed by atoms with Crippen LogP contribution in [-0.4, -0.2) is 53.8 Å². The molecule has 0 spiro atoms. The molecular weight excluding hydrogens is 383 g/mol. The van der Waals surface area contributed by atoms with Gasteiger partial charge >= 0.3 is 0 Å². The molecule has 2 unspecified atom stereocenters. The van der Waals surface area contributed by atoms with Gasteiger partial charge in [-0.25, -0.2) is 13.2 Å². The zero-order chi connectivity index (χ0) is 21.2. The molecule has 160 valence electrons. The van der Waals surface area contributed by atoms with Gasteiger partial charge in [0.25, 0.3) is 6.43 Å². The van der Waals surface area contributed by atoms with Crippen LogP contribution in [0.15, 0.2) is 24.4 Å². The predicted molar refractivity (Wildman–Crippen MR) is 107 cm³/mol. The number of amides is 1. The average Bonchev–Trinajstić information content (AvgIpc) is 3.29. The quantitative estimate of drug-likeness (QED) is 0.635. The number of likely N-dealkylation sites (tertiary alicyclic amines) is 1. The van der Waals surface area contributed by atoms with Gasteiger partial charge in [0.2, 0.25) is 12.2 Å². The molecule has 0 aliphatic carbocycles. The van der Waals surface area contributed by atoms with Crippen LogP contribution in [0.1, 0.15) is 32.8 Å². The second kappa shape index (κ2) is 8.75. The average molecular weight is 411 g/mol. The fourth-order valence-electron chi connectivity index (χ4n) is 3.90. The van der Waals surface area contributed by atoms with E-state index in [-0.39, 0.29) is 18.4 Å². The fraction of sp³-hybridized carbons (Fsp3) is 0.571. The molecule has 1 aromatic carbocycles. The molecule has 5 nitrogen and oxygen atoms in total. The first-order valence-electron chi connectivity index (χ1n) is 9.85. The summed E-state index contributed by atoms with van der Waals surface area (Å²) in [5.41, 5.74) is 2.20. The molecule has 1 saturated heterocycles. The normalized spacial score (nSPS) is 19.2. The molecule has 2 N–H and O–H groups in total. The Hall–Kier alpha value is -2.06. The number of carbonyl (C=O) groups excluding carboxylic acids is 1. The zero-order valence-electron chi connectivity index (χ0n) is 17.0. The van der Waals surface area contributed by atoms with Crippen molar-refractivity contribution in [3.05, 3.63) is 30.0 Å². The predicted octanol–water partition coefficient (Wildman–Crippen LogP) is 4.35. The van der Waals surface area contributed by atoms with Crippen LogP contribution in [0.4, 0.5) is 18.9 Å². The molecule has 0 bridgehead atoms. The minimum absolute atomic E-state index is 0.00183. The number of aromatic nitrogens is 1. The minimum atomic E-state index is -2.98. The smallest absolute Gasteiger partial charge is 0.282 e. The SMILES string of the molecule is CC(=O)Nc1c[nH]c2ccc(CCOC(C)(C)C3CCN(C(F)C(F)F)C3)cc12. The number of alkyl halides is 3. The number of H-pyrrole nitrogens is 1. The van der Waals surface area contributed by atoms with Crippen molar-refractivity contribution in [2.75, 3.05) is 25.0 Å². The van der Waals surface area contributed by atoms with Crippen LogP contribution in [-0.2, 0) is 16.0 Å². The number of nitrogens with zero attached hydrogens (tertiary/aromatic N) is 1. The summed E-state index contributed by atoms with van der Waals surface area (Å²) >= 11 is 0. The highest BCUT2D eigenvalue weighted by atomic mass is 19.3.